The van der Waals surface area contributed by atoms with Gasteiger partial charge in [-0.1, -0.05) is 55.3 Å². The van der Waals surface area contributed by atoms with Crippen LogP contribution < -0.4 is 10.6 Å². The van der Waals surface area contributed by atoms with E-state index in [1.807, 2.05) is 42.5 Å². The molecule has 0 aliphatic heterocycles. The lowest BCUT2D eigenvalue weighted by Gasteiger charge is -2.15. The average molecular weight is 324 g/mol. The van der Waals surface area contributed by atoms with Crippen molar-refractivity contribution in [1.29, 1.82) is 0 Å². The summed E-state index contributed by atoms with van der Waals surface area (Å²) in [6.45, 7) is 0. The first kappa shape index (κ1) is 15.7. The van der Waals surface area contributed by atoms with Gasteiger partial charge >= 0.3 is 0 Å². The Morgan fingerprint density at radius 1 is 0.913 bits per heavy atom. The zero-order valence-corrected chi connectivity index (χ0v) is 13.7. The summed E-state index contributed by atoms with van der Waals surface area (Å²) >= 11 is 5.23. The highest BCUT2D eigenvalue weighted by atomic mass is 32.1. The average Bonchev–Trinajstić information content (AvgIpc) is 3.08. The molecule has 1 aliphatic rings. The summed E-state index contributed by atoms with van der Waals surface area (Å²) in [5, 5.41) is 6.41. The van der Waals surface area contributed by atoms with Crippen molar-refractivity contribution in [3.05, 3.63) is 60.2 Å². The molecular weight excluding hydrogens is 304 g/mol. The van der Waals surface area contributed by atoms with Crippen molar-refractivity contribution in [2.24, 2.45) is 0 Å². The number of thiocarbonyl (C=S) groups is 1. The first-order valence-corrected chi connectivity index (χ1v) is 8.40. The van der Waals surface area contributed by atoms with E-state index < -0.39 is 0 Å². The number of hydrogen-bond donors (Lipinski definition) is 2. The minimum Gasteiger partial charge on any atom is -0.360 e. The molecule has 4 heteroatoms. The van der Waals surface area contributed by atoms with Gasteiger partial charge in [0.05, 0.1) is 0 Å². The molecule has 0 saturated heterocycles. The highest BCUT2D eigenvalue weighted by Crippen LogP contribution is 2.19. The fraction of sp³-hybridized carbons (Fsp3) is 0.263. The number of benzene rings is 2. The van der Waals surface area contributed by atoms with E-state index in [1.165, 1.54) is 12.8 Å². The summed E-state index contributed by atoms with van der Waals surface area (Å²) in [5.74, 6) is -0.167. The van der Waals surface area contributed by atoms with Crippen molar-refractivity contribution in [2.75, 3.05) is 0 Å². The predicted molar refractivity (Wildman–Crippen MR) is 97.3 cm³/mol. The Hall–Kier alpha value is -2.20. The van der Waals surface area contributed by atoms with Crippen molar-refractivity contribution in [3.63, 3.8) is 0 Å². The van der Waals surface area contributed by atoms with Crippen LogP contribution >= 0.6 is 12.2 Å². The summed E-state index contributed by atoms with van der Waals surface area (Å²) in [6, 6.07) is 18.1. The van der Waals surface area contributed by atoms with E-state index in [9.17, 15) is 4.79 Å². The van der Waals surface area contributed by atoms with Gasteiger partial charge in [0.2, 0.25) is 0 Å². The number of hydrogen-bond acceptors (Lipinski definition) is 2. The fourth-order valence-electron chi connectivity index (χ4n) is 2.91. The monoisotopic (exact) mass is 324 g/mol. The van der Waals surface area contributed by atoms with Gasteiger partial charge < -0.3 is 5.32 Å². The quantitative estimate of drug-likeness (QED) is 0.841. The number of nitrogens with one attached hydrogen (secondary N) is 2. The SMILES string of the molecule is O=C(NC(=S)NC1CCCC1)c1ccc(-c2ccccc2)cc1. The first-order chi connectivity index (χ1) is 11.2. The maximum Gasteiger partial charge on any atom is 0.257 e. The van der Waals surface area contributed by atoms with Crippen LogP contribution in [0.3, 0.4) is 0 Å². The summed E-state index contributed by atoms with van der Waals surface area (Å²) < 4.78 is 0. The second-order valence-corrected chi connectivity index (χ2v) is 6.26. The molecule has 1 saturated carbocycles. The molecular formula is C19H20N2OS. The molecule has 1 aliphatic carbocycles. The van der Waals surface area contributed by atoms with Crippen LogP contribution in [-0.2, 0) is 0 Å². The Kier molecular flexibility index (Phi) is 5.03. The van der Waals surface area contributed by atoms with Crippen LogP contribution in [0.5, 0.6) is 0 Å². The van der Waals surface area contributed by atoms with E-state index in [4.69, 9.17) is 12.2 Å². The molecule has 23 heavy (non-hydrogen) atoms. The van der Waals surface area contributed by atoms with Crippen LogP contribution in [0.25, 0.3) is 11.1 Å². The molecule has 118 valence electrons. The van der Waals surface area contributed by atoms with Gasteiger partial charge in [0.15, 0.2) is 5.11 Å². The minimum absolute atomic E-state index is 0.167. The van der Waals surface area contributed by atoms with Crippen LogP contribution in [0.1, 0.15) is 36.0 Å². The second kappa shape index (κ2) is 7.38. The smallest absolute Gasteiger partial charge is 0.257 e. The molecule has 0 bridgehead atoms. The maximum absolute atomic E-state index is 12.2. The topological polar surface area (TPSA) is 41.1 Å². The summed E-state index contributed by atoms with van der Waals surface area (Å²) in [4.78, 5) is 12.2. The van der Waals surface area contributed by atoms with Crippen molar-refractivity contribution in [2.45, 2.75) is 31.7 Å². The normalized spacial score (nSPS) is 14.4. The third kappa shape index (κ3) is 4.17. The third-order valence-electron chi connectivity index (χ3n) is 4.17. The molecule has 0 heterocycles. The van der Waals surface area contributed by atoms with E-state index in [0.717, 1.165) is 24.0 Å². The number of rotatable bonds is 3. The molecule has 2 aromatic carbocycles. The van der Waals surface area contributed by atoms with Gasteiger partial charge in [-0.15, -0.1) is 0 Å². The van der Waals surface area contributed by atoms with Crippen molar-refractivity contribution < 1.29 is 4.79 Å². The first-order valence-electron chi connectivity index (χ1n) is 8.00. The Morgan fingerprint density at radius 3 is 2.17 bits per heavy atom. The van der Waals surface area contributed by atoms with Crippen molar-refractivity contribution >= 4 is 23.2 Å². The Morgan fingerprint density at radius 2 is 1.52 bits per heavy atom. The van der Waals surface area contributed by atoms with Gasteiger partial charge in [0.1, 0.15) is 0 Å². The van der Waals surface area contributed by atoms with Crippen LogP contribution in [-0.4, -0.2) is 17.1 Å². The molecule has 2 aromatic rings. The van der Waals surface area contributed by atoms with Crippen LogP contribution in [0.4, 0.5) is 0 Å². The van der Waals surface area contributed by atoms with Crippen LogP contribution in [0.2, 0.25) is 0 Å². The van der Waals surface area contributed by atoms with E-state index in [2.05, 4.69) is 22.8 Å². The van der Waals surface area contributed by atoms with E-state index in [-0.39, 0.29) is 5.91 Å². The molecule has 3 nitrogen and oxygen atoms in total. The van der Waals surface area contributed by atoms with Gasteiger partial charge in [-0.2, -0.15) is 0 Å². The van der Waals surface area contributed by atoms with Crippen molar-refractivity contribution in [1.82, 2.24) is 10.6 Å². The molecule has 0 spiro atoms. The molecule has 0 aromatic heterocycles. The highest BCUT2D eigenvalue weighted by Gasteiger charge is 2.16. The van der Waals surface area contributed by atoms with E-state index in [0.29, 0.717) is 16.7 Å². The largest absolute Gasteiger partial charge is 0.360 e. The lowest BCUT2D eigenvalue weighted by Crippen LogP contribution is -2.43. The summed E-state index contributed by atoms with van der Waals surface area (Å²) in [7, 11) is 0. The van der Waals surface area contributed by atoms with Crippen LogP contribution in [0, 0.1) is 0 Å². The lowest BCUT2D eigenvalue weighted by molar-refractivity contribution is 0.0976. The molecule has 3 rings (SSSR count). The van der Waals surface area contributed by atoms with Gasteiger partial charge in [0, 0.05) is 11.6 Å². The van der Waals surface area contributed by atoms with E-state index >= 15 is 0 Å². The Labute approximate surface area is 142 Å². The highest BCUT2D eigenvalue weighted by molar-refractivity contribution is 7.80. The number of carbonyl (C=O) groups is 1. The molecule has 0 radical (unpaired) electrons. The Balaban J connectivity index is 1.60. The molecule has 2 N–H and O–H groups in total. The summed E-state index contributed by atoms with van der Waals surface area (Å²) in [5.41, 5.74) is 2.84. The Bertz CT molecular complexity index is 676. The number of amides is 1. The van der Waals surface area contributed by atoms with Crippen molar-refractivity contribution in [3.8, 4) is 11.1 Å². The minimum atomic E-state index is -0.167. The zero-order chi connectivity index (χ0) is 16.1. The molecule has 0 unspecified atom stereocenters. The molecule has 0 atom stereocenters. The maximum atomic E-state index is 12.2. The lowest BCUT2D eigenvalue weighted by atomic mass is 10.0. The van der Waals surface area contributed by atoms with Gasteiger partial charge in [0.25, 0.3) is 5.91 Å². The van der Waals surface area contributed by atoms with Crippen LogP contribution in [0.15, 0.2) is 54.6 Å². The second-order valence-electron chi connectivity index (χ2n) is 5.85. The van der Waals surface area contributed by atoms with Gasteiger partial charge in [-0.25, -0.2) is 0 Å². The predicted octanol–water partition coefficient (Wildman–Crippen LogP) is 3.90. The molecule has 1 amide bonds. The van der Waals surface area contributed by atoms with E-state index in [1.54, 1.807) is 0 Å². The fourth-order valence-corrected chi connectivity index (χ4v) is 3.17. The third-order valence-corrected chi connectivity index (χ3v) is 4.39. The number of carbonyl (C=O) groups excluding carboxylic acids is 1. The standard InChI is InChI=1S/C19H20N2OS/c22-18(21-19(23)20-17-8-4-5-9-17)16-12-10-15(11-13-16)14-6-2-1-3-7-14/h1-3,6-7,10-13,17H,4-5,8-9H2,(H2,20,21,22,23). The van der Waals surface area contributed by atoms with Gasteiger partial charge in [-0.05, 0) is 48.3 Å². The summed E-state index contributed by atoms with van der Waals surface area (Å²) in [6.07, 6.45) is 4.72. The zero-order valence-electron chi connectivity index (χ0n) is 12.9. The van der Waals surface area contributed by atoms with Gasteiger partial charge in [-0.3, -0.25) is 10.1 Å². The molecule has 1 fully saturated rings.